The van der Waals surface area contributed by atoms with E-state index in [1.165, 1.54) is 19.3 Å². The van der Waals surface area contributed by atoms with Gasteiger partial charge in [-0.2, -0.15) is 0 Å². The van der Waals surface area contributed by atoms with E-state index < -0.39 is 0 Å². The Morgan fingerprint density at radius 3 is 2.90 bits per heavy atom. The van der Waals surface area contributed by atoms with Gasteiger partial charge in [0, 0.05) is 44.8 Å². The standard InChI is InChI=1S/C15H25N5O/c1-2-20-11-13(16-17-20)10-18-8-4-3-6-14(18)12-19-9-5-7-15(19)21/h11,14H,2-10,12H2,1H3. The molecule has 0 radical (unpaired) electrons. The number of carbonyl (C=O) groups is 1. The highest BCUT2D eigenvalue weighted by molar-refractivity contribution is 5.78. The van der Waals surface area contributed by atoms with E-state index >= 15 is 0 Å². The van der Waals surface area contributed by atoms with E-state index in [1.807, 2.05) is 15.8 Å². The summed E-state index contributed by atoms with van der Waals surface area (Å²) >= 11 is 0. The molecular formula is C15H25N5O. The van der Waals surface area contributed by atoms with Gasteiger partial charge in [0.25, 0.3) is 0 Å². The van der Waals surface area contributed by atoms with Crippen LogP contribution in [-0.4, -0.2) is 56.4 Å². The quantitative estimate of drug-likeness (QED) is 0.820. The van der Waals surface area contributed by atoms with E-state index in [0.29, 0.717) is 11.9 Å². The summed E-state index contributed by atoms with van der Waals surface area (Å²) in [6.07, 6.45) is 7.49. The average molecular weight is 291 g/mol. The van der Waals surface area contributed by atoms with E-state index in [-0.39, 0.29) is 0 Å². The fraction of sp³-hybridized carbons (Fsp3) is 0.800. The van der Waals surface area contributed by atoms with Gasteiger partial charge in [0.1, 0.15) is 0 Å². The van der Waals surface area contributed by atoms with Crippen molar-refractivity contribution in [3.8, 4) is 0 Å². The van der Waals surface area contributed by atoms with Crippen molar-refractivity contribution in [2.24, 2.45) is 0 Å². The Morgan fingerprint density at radius 1 is 1.29 bits per heavy atom. The van der Waals surface area contributed by atoms with E-state index in [4.69, 9.17) is 0 Å². The molecule has 1 atom stereocenters. The number of rotatable bonds is 5. The molecule has 2 aliphatic rings. The normalized spacial score (nSPS) is 24.0. The minimum Gasteiger partial charge on any atom is -0.341 e. The number of likely N-dealkylation sites (tertiary alicyclic amines) is 2. The second kappa shape index (κ2) is 6.56. The molecule has 0 saturated carbocycles. The lowest BCUT2D eigenvalue weighted by molar-refractivity contribution is -0.128. The van der Waals surface area contributed by atoms with Gasteiger partial charge in [-0.3, -0.25) is 14.4 Å². The van der Waals surface area contributed by atoms with Gasteiger partial charge < -0.3 is 4.90 Å². The predicted molar refractivity (Wildman–Crippen MR) is 79.6 cm³/mol. The number of aromatic nitrogens is 3. The molecule has 0 N–H and O–H groups in total. The van der Waals surface area contributed by atoms with Crippen molar-refractivity contribution in [1.29, 1.82) is 0 Å². The monoisotopic (exact) mass is 291 g/mol. The largest absolute Gasteiger partial charge is 0.341 e. The highest BCUT2D eigenvalue weighted by atomic mass is 16.2. The summed E-state index contributed by atoms with van der Waals surface area (Å²) < 4.78 is 1.87. The molecule has 116 valence electrons. The molecule has 1 amide bonds. The summed E-state index contributed by atoms with van der Waals surface area (Å²) in [6, 6.07) is 0.479. The molecule has 2 fully saturated rings. The van der Waals surface area contributed by atoms with E-state index in [9.17, 15) is 4.79 Å². The minimum atomic E-state index is 0.331. The first-order chi connectivity index (χ1) is 10.3. The zero-order valence-electron chi connectivity index (χ0n) is 12.9. The van der Waals surface area contributed by atoms with Crippen molar-refractivity contribution in [1.82, 2.24) is 24.8 Å². The van der Waals surface area contributed by atoms with Crippen LogP contribution in [0.25, 0.3) is 0 Å². The molecule has 1 unspecified atom stereocenters. The lowest BCUT2D eigenvalue weighted by atomic mass is 10.0. The van der Waals surface area contributed by atoms with Gasteiger partial charge in [-0.1, -0.05) is 11.6 Å². The summed E-state index contributed by atoms with van der Waals surface area (Å²) in [6.45, 7) is 6.72. The molecule has 0 spiro atoms. The Bertz CT molecular complexity index is 486. The van der Waals surface area contributed by atoms with Crippen LogP contribution >= 0.6 is 0 Å². The third-order valence-electron chi connectivity index (χ3n) is 4.63. The summed E-state index contributed by atoms with van der Waals surface area (Å²) in [4.78, 5) is 16.4. The molecule has 0 aromatic carbocycles. The number of carbonyl (C=O) groups excluding carboxylic acids is 1. The molecular weight excluding hydrogens is 266 g/mol. The average Bonchev–Trinajstić information content (AvgIpc) is 3.11. The van der Waals surface area contributed by atoms with Gasteiger partial charge in [0.15, 0.2) is 0 Å². The maximum Gasteiger partial charge on any atom is 0.222 e. The van der Waals surface area contributed by atoms with Crippen LogP contribution in [0.3, 0.4) is 0 Å². The molecule has 2 aliphatic heterocycles. The summed E-state index contributed by atoms with van der Waals surface area (Å²) in [7, 11) is 0. The van der Waals surface area contributed by atoms with Crippen LogP contribution in [-0.2, 0) is 17.9 Å². The van der Waals surface area contributed by atoms with Gasteiger partial charge in [0.05, 0.1) is 5.69 Å². The third-order valence-corrected chi connectivity index (χ3v) is 4.63. The van der Waals surface area contributed by atoms with Gasteiger partial charge in [0.2, 0.25) is 5.91 Å². The van der Waals surface area contributed by atoms with E-state index in [0.717, 1.165) is 51.3 Å². The smallest absolute Gasteiger partial charge is 0.222 e. The Hall–Kier alpha value is -1.43. The van der Waals surface area contributed by atoms with Crippen LogP contribution in [0.4, 0.5) is 0 Å². The lowest BCUT2D eigenvalue weighted by Crippen LogP contribution is -2.46. The third kappa shape index (κ3) is 3.43. The number of hydrogen-bond donors (Lipinski definition) is 0. The molecule has 6 nitrogen and oxygen atoms in total. The molecule has 0 aliphatic carbocycles. The maximum atomic E-state index is 11.8. The van der Waals surface area contributed by atoms with Crippen molar-refractivity contribution in [3.05, 3.63) is 11.9 Å². The Kier molecular flexibility index (Phi) is 4.53. The van der Waals surface area contributed by atoms with Crippen LogP contribution in [0.2, 0.25) is 0 Å². The molecule has 6 heteroatoms. The van der Waals surface area contributed by atoms with Crippen LogP contribution in [0, 0.1) is 0 Å². The molecule has 3 rings (SSSR count). The van der Waals surface area contributed by atoms with Crippen LogP contribution < -0.4 is 0 Å². The van der Waals surface area contributed by atoms with Crippen molar-refractivity contribution in [2.45, 2.75) is 58.2 Å². The summed E-state index contributed by atoms with van der Waals surface area (Å²) in [5.74, 6) is 0.331. The predicted octanol–water partition coefficient (Wildman–Crippen LogP) is 1.27. The number of piperidine rings is 1. The minimum absolute atomic E-state index is 0.331. The zero-order valence-corrected chi connectivity index (χ0v) is 12.9. The first-order valence-electron chi connectivity index (χ1n) is 8.17. The summed E-state index contributed by atoms with van der Waals surface area (Å²) in [5.41, 5.74) is 1.04. The number of amides is 1. The highest BCUT2D eigenvalue weighted by Gasteiger charge is 2.29. The summed E-state index contributed by atoms with van der Waals surface area (Å²) in [5, 5.41) is 8.37. The lowest BCUT2D eigenvalue weighted by Gasteiger charge is -2.37. The Labute approximate surface area is 126 Å². The van der Waals surface area contributed by atoms with Gasteiger partial charge in [-0.05, 0) is 32.7 Å². The molecule has 2 saturated heterocycles. The van der Waals surface area contributed by atoms with Crippen LogP contribution in [0.1, 0.15) is 44.7 Å². The van der Waals surface area contributed by atoms with Gasteiger partial charge in [-0.15, -0.1) is 5.10 Å². The topological polar surface area (TPSA) is 54.3 Å². The first-order valence-corrected chi connectivity index (χ1v) is 8.17. The fourth-order valence-electron chi connectivity index (χ4n) is 3.40. The van der Waals surface area contributed by atoms with Crippen LogP contribution in [0.15, 0.2) is 6.20 Å². The van der Waals surface area contributed by atoms with E-state index in [2.05, 4.69) is 22.1 Å². The molecule has 0 bridgehead atoms. The molecule has 1 aromatic rings. The second-order valence-electron chi connectivity index (χ2n) is 6.13. The maximum absolute atomic E-state index is 11.8. The highest BCUT2D eigenvalue weighted by Crippen LogP contribution is 2.22. The van der Waals surface area contributed by atoms with Crippen LogP contribution in [0.5, 0.6) is 0 Å². The first kappa shape index (κ1) is 14.5. The molecule has 1 aromatic heterocycles. The van der Waals surface area contributed by atoms with E-state index in [1.54, 1.807) is 0 Å². The van der Waals surface area contributed by atoms with Crippen molar-refractivity contribution >= 4 is 5.91 Å². The Morgan fingerprint density at radius 2 is 2.19 bits per heavy atom. The number of aryl methyl sites for hydroxylation is 1. The van der Waals surface area contributed by atoms with Crippen molar-refractivity contribution < 1.29 is 4.79 Å². The Balaban J connectivity index is 1.62. The number of nitrogens with zero attached hydrogens (tertiary/aromatic N) is 5. The molecule has 3 heterocycles. The zero-order chi connectivity index (χ0) is 14.7. The second-order valence-corrected chi connectivity index (χ2v) is 6.13. The number of hydrogen-bond acceptors (Lipinski definition) is 4. The van der Waals surface area contributed by atoms with Crippen molar-refractivity contribution in [3.63, 3.8) is 0 Å². The fourth-order valence-corrected chi connectivity index (χ4v) is 3.40. The SMILES string of the molecule is CCn1cc(CN2CCCCC2CN2CCCC2=O)nn1. The van der Waals surface area contributed by atoms with Gasteiger partial charge in [-0.25, -0.2) is 0 Å². The molecule has 21 heavy (non-hydrogen) atoms. The van der Waals surface area contributed by atoms with Crippen molar-refractivity contribution in [2.75, 3.05) is 19.6 Å². The van der Waals surface area contributed by atoms with Gasteiger partial charge >= 0.3 is 0 Å².